The smallest absolute Gasteiger partial charge is 0.255 e. The Morgan fingerprint density at radius 1 is 1.15 bits per heavy atom. The molecule has 134 valence electrons. The monoisotopic (exact) mass is 351 g/mol. The molecule has 0 saturated carbocycles. The van der Waals surface area contributed by atoms with Crippen LogP contribution in [-0.4, -0.2) is 26.1 Å². The van der Waals surface area contributed by atoms with Crippen LogP contribution in [0.5, 0.6) is 5.75 Å². The minimum atomic E-state index is -0.182. The highest BCUT2D eigenvalue weighted by Gasteiger charge is 2.09. The molecule has 3 aromatic rings. The van der Waals surface area contributed by atoms with E-state index < -0.39 is 0 Å². The number of benzene rings is 2. The Bertz CT molecular complexity index is 874. The molecule has 0 unspecified atom stereocenters. The van der Waals surface area contributed by atoms with Gasteiger partial charge in [0.15, 0.2) is 5.82 Å². The van der Waals surface area contributed by atoms with E-state index in [9.17, 15) is 4.79 Å². The SMILES string of the molecule is CCc1ccc(NC(=O)c2cccc(OCc3nnnn3CC)c2)cc1. The zero-order valence-electron chi connectivity index (χ0n) is 14.8. The summed E-state index contributed by atoms with van der Waals surface area (Å²) in [7, 11) is 0. The highest BCUT2D eigenvalue weighted by atomic mass is 16.5. The number of tetrazole rings is 1. The maximum absolute atomic E-state index is 12.5. The van der Waals surface area contributed by atoms with Gasteiger partial charge in [-0.3, -0.25) is 4.79 Å². The molecule has 7 nitrogen and oxygen atoms in total. The Morgan fingerprint density at radius 2 is 1.96 bits per heavy atom. The first kappa shape index (κ1) is 17.6. The molecule has 26 heavy (non-hydrogen) atoms. The van der Waals surface area contributed by atoms with Crippen molar-refractivity contribution in [2.75, 3.05) is 5.32 Å². The normalized spacial score (nSPS) is 10.5. The van der Waals surface area contributed by atoms with Crippen LogP contribution >= 0.6 is 0 Å². The molecule has 0 aliphatic heterocycles. The van der Waals surface area contributed by atoms with Crippen molar-refractivity contribution < 1.29 is 9.53 Å². The van der Waals surface area contributed by atoms with Crippen LogP contribution in [0.3, 0.4) is 0 Å². The Balaban J connectivity index is 1.65. The number of nitrogens with one attached hydrogen (secondary N) is 1. The topological polar surface area (TPSA) is 81.9 Å². The summed E-state index contributed by atoms with van der Waals surface area (Å²) in [6.07, 6.45) is 0.967. The van der Waals surface area contributed by atoms with E-state index in [1.165, 1.54) is 5.56 Å². The maximum Gasteiger partial charge on any atom is 0.255 e. The van der Waals surface area contributed by atoms with E-state index in [1.807, 2.05) is 31.2 Å². The summed E-state index contributed by atoms with van der Waals surface area (Å²) >= 11 is 0. The molecule has 3 rings (SSSR count). The number of aryl methyl sites for hydroxylation is 2. The lowest BCUT2D eigenvalue weighted by Crippen LogP contribution is -2.12. The van der Waals surface area contributed by atoms with Gasteiger partial charge in [-0.2, -0.15) is 0 Å². The number of hydrogen-bond acceptors (Lipinski definition) is 5. The standard InChI is InChI=1S/C19H21N5O2/c1-3-14-8-10-16(11-9-14)20-19(25)15-6-5-7-17(12-15)26-13-18-21-22-23-24(18)4-2/h5-12H,3-4,13H2,1-2H3,(H,20,25). The lowest BCUT2D eigenvalue weighted by Gasteiger charge is -2.09. The Kier molecular flexibility index (Phi) is 5.58. The number of aromatic nitrogens is 4. The van der Waals surface area contributed by atoms with Crippen LogP contribution in [0.2, 0.25) is 0 Å². The second kappa shape index (κ2) is 8.24. The fourth-order valence-corrected chi connectivity index (χ4v) is 2.47. The van der Waals surface area contributed by atoms with Gasteiger partial charge in [-0.25, -0.2) is 4.68 Å². The lowest BCUT2D eigenvalue weighted by atomic mass is 10.1. The maximum atomic E-state index is 12.5. The summed E-state index contributed by atoms with van der Waals surface area (Å²) in [4.78, 5) is 12.5. The van der Waals surface area contributed by atoms with Gasteiger partial charge in [0.1, 0.15) is 12.4 Å². The Labute approximate surface area is 152 Å². The van der Waals surface area contributed by atoms with E-state index in [4.69, 9.17) is 4.74 Å². The van der Waals surface area contributed by atoms with E-state index in [0.29, 0.717) is 23.7 Å². The molecule has 7 heteroatoms. The van der Waals surface area contributed by atoms with Gasteiger partial charge in [0, 0.05) is 17.8 Å². The van der Waals surface area contributed by atoms with Gasteiger partial charge >= 0.3 is 0 Å². The average molecular weight is 351 g/mol. The number of carbonyl (C=O) groups excluding carboxylic acids is 1. The van der Waals surface area contributed by atoms with E-state index in [0.717, 1.165) is 12.1 Å². The van der Waals surface area contributed by atoms with Crippen LogP contribution in [-0.2, 0) is 19.6 Å². The van der Waals surface area contributed by atoms with Crippen molar-refractivity contribution in [2.45, 2.75) is 33.4 Å². The third-order valence-corrected chi connectivity index (χ3v) is 3.99. The predicted molar refractivity (Wildman–Crippen MR) is 98.0 cm³/mol. The Morgan fingerprint density at radius 3 is 2.69 bits per heavy atom. The minimum absolute atomic E-state index is 0.182. The second-order valence-electron chi connectivity index (χ2n) is 5.73. The van der Waals surface area contributed by atoms with Gasteiger partial charge in [-0.15, -0.1) is 5.10 Å². The molecule has 2 aromatic carbocycles. The van der Waals surface area contributed by atoms with E-state index in [-0.39, 0.29) is 12.5 Å². The first-order chi connectivity index (χ1) is 12.7. The highest BCUT2D eigenvalue weighted by molar-refractivity contribution is 6.04. The van der Waals surface area contributed by atoms with Crippen LogP contribution in [0.25, 0.3) is 0 Å². The molecule has 0 aliphatic rings. The summed E-state index contributed by atoms with van der Waals surface area (Å²) in [5.41, 5.74) is 2.52. The van der Waals surface area contributed by atoms with Crippen LogP contribution in [0.1, 0.15) is 35.6 Å². The van der Waals surface area contributed by atoms with Gasteiger partial charge in [-0.05, 0) is 59.7 Å². The zero-order chi connectivity index (χ0) is 18.4. The number of carbonyl (C=O) groups is 1. The third kappa shape index (κ3) is 4.24. The summed E-state index contributed by atoms with van der Waals surface area (Å²) in [6.45, 7) is 4.96. The molecule has 0 radical (unpaired) electrons. The zero-order valence-corrected chi connectivity index (χ0v) is 14.8. The largest absolute Gasteiger partial charge is 0.486 e. The molecular weight excluding hydrogens is 330 g/mol. The predicted octanol–water partition coefficient (Wildman–Crippen LogP) is 3.09. The Hall–Kier alpha value is -3.22. The molecule has 1 N–H and O–H groups in total. The summed E-state index contributed by atoms with van der Waals surface area (Å²) in [6, 6.07) is 14.9. The van der Waals surface area contributed by atoms with Crippen LogP contribution in [0.15, 0.2) is 48.5 Å². The van der Waals surface area contributed by atoms with Crippen molar-refractivity contribution in [3.05, 3.63) is 65.5 Å². The molecule has 0 bridgehead atoms. The molecule has 0 spiro atoms. The number of anilines is 1. The second-order valence-corrected chi connectivity index (χ2v) is 5.73. The van der Waals surface area contributed by atoms with Gasteiger partial charge < -0.3 is 10.1 Å². The number of ether oxygens (including phenoxy) is 1. The number of amides is 1. The van der Waals surface area contributed by atoms with Gasteiger partial charge in [0.2, 0.25) is 0 Å². The van der Waals surface area contributed by atoms with Crippen molar-refractivity contribution in [1.29, 1.82) is 0 Å². The molecule has 0 saturated heterocycles. The van der Waals surface area contributed by atoms with Crippen LogP contribution in [0, 0.1) is 0 Å². The summed E-state index contributed by atoms with van der Waals surface area (Å²) in [5, 5.41) is 14.3. The van der Waals surface area contributed by atoms with Crippen molar-refractivity contribution in [3.8, 4) is 5.75 Å². The average Bonchev–Trinajstić information content (AvgIpc) is 3.15. The van der Waals surface area contributed by atoms with Crippen LogP contribution < -0.4 is 10.1 Å². The van der Waals surface area contributed by atoms with Crippen molar-refractivity contribution in [1.82, 2.24) is 20.2 Å². The first-order valence-corrected chi connectivity index (χ1v) is 8.57. The number of hydrogen-bond donors (Lipinski definition) is 1. The van der Waals surface area contributed by atoms with Gasteiger partial charge in [-0.1, -0.05) is 25.1 Å². The minimum Gasteiger partial charge on any atom is -0.486 e. The fraction of sp³-hybridized carbons (Fsp3) is 0.263. The first-order valence-electron chi connectivity index (χ1n) is 8.57. The third-order valence-electron chi connectivity index (χ3n) is 3.99. The molecule has 1 aromatic heterocycles. The molecule has 1 amide bonds. The molecular formula is C19H21N5O2. The molecule has 0 fully saturated rings. The van der Waals surface area contributed by atoms with Crippen molar-refractivity contribution >= 4 is 11.6 Å². The lowest BCUT2D eigenvalue weighted by molar-refractivity contribution is 0.102. The van der Waals surface area contributed by atoms with Gasteiger partial charge in [0.05, 0.1) is 0 Å². The number of rotatable bonds is 7. The molecule has 0 aliphatic carbocycles. The number of nitrogens with zero attached hydrogens (tertiary/aromatic N) is 4. The van der Waals surface area contributed by atoms with E-state index >= 15 is 0 Å². The van der Waals surface area contributed by atoms with Crippen molar-refractivity contribution in [2.24, 2.45) is 0 Å². The fourth-order valence-electron chi connectivity index (χ4n) is 2.47. The quantitative estimate of drug-likeness (QED) is 0.707. The molecule has 0 atom stereocenters. The van der Waals surface area contributed by atoms with Crippen molar-refractivity contribution in [3.63, 3.8) is 0 Å². The highest BCUT2D eigenvalue weighted by Crippen LogP contribution is 2.17. The summed E-state index contributed by atoms with van der Waals surface area (Å²) < 4.78 is 7.38. The van der Waals surface area contributed by atoms with E-state index in [1.54, 1.807) is 28.9 Å². The summed E-state index contributed by atoms with van der Waals surface area (Å²) in [5.74, 6) is 1.04. The molecule has 1 heterocycles. The van der Waals surface area contributed by atoms with Gasteiger partial charge in [0.25, 0.3) is 5.91 Å². The van der Waals surface area contributed by atoms with Crippen LogP contribution in [0.4, 0.5) is 5.69 Å². The van der Waals surface area contributed by atoms with E-state index in [2.05, 4.69) is 27.8 Å².